The van der Waals surface area contributed by atoms with Crippen molar-refractivity contribution in [3.8, 4) is 0 Å². The number of nitrogens with zero attached hydrogens (tertiary/aromatic N) is 3. The smallest absolute Gasteiger partial charge is 0.209 e. The Kier molecular flexibility index (Phi) is 3.62. The first kappa shape index (κ1) is 14.3. The summed E-state index contributed by atoms with van der Waals surface area (Å²) >= 11 is 0. The molecule has 1 unspecified atom stereocenters. The van der Waals surface area contributed by atoms with E-state index in [1.807, 2.05) is 31.3 Å². The highest BCUT2D eigenvalue weighted by molar-refractivity contribution is 7.88. The van der Waals surface area contributed by atoms with E-state index >= 15 is 0 Å². The summed E-state index contributed by atoms with van der Waals surface area (Å²) in [6.45, 7) is 1.56. The van der Waals surface area contributed by atoms with Crippen LogP contribution in [0, 0.1) is 0 Å². The van der Waals surface area contributed by atoms with E-state index in [0.717, 1.165) is 36.4 Å². The van der Waals surface area contributed by atoms with Crippen LogP contribution in [0.1, 0.15) is 12.8 Å². The van der Waals surface area contributed by atoms with Crippen molar-refractivity contribution in [2.75, 3.05) is 24.2 Å². The molecule has 0 aliphatic carbocycles. The van der Waals surface area contributed by atoms with E-state index in [2.05, 4.69) is 19.2 Å². The number of rotatable bonds is 3. The molecule has 1 fully saturated rings. The van der Waals surface area contributed by atoms with Crippen LogP contribution in [0.2, 0.25) is 0 Å². The average Bonchev–Trinajstić information content (AvgIpc) is 2.75. The van der Waals surface area contributed by atoms with Crippen LogP contribution >= 0.6 is 0 Å². The Labute approximate surface area is 124 Å². The molecule has 7 heteroatoms. The molecule has 1 aromatic carbocycles. The summed E-state index contributed by atoms with van der Waals surface area (Å²) in [6, 6.07) is 7.96. The zero-order valence-corrected chi connectivity index (χ0v) is 13.1. The predicted molar refractivity (Wildman–Crippen MR) is 83.9 cm³/mol. The molecule has 6 nitrogen and oxygen atoms in total. The number of hydrogen-bond donors (Lipinski definition) is 1. The predicted octanol–water partition coefficient (Wildman–Crippen LogP) is 1.09. The van der Waals surface area contributed by atoms with Gasteiger partial charge in [-0.05, 0) is 25.0 Å². The second-order valence-electron chi connectivity index (χ2n) is 5.63. The SMILES string of the molecule is Cn1c(N2CCCC(NS(C)(=O)=O)C2)nc2ccccc21. The molecule has 21 heavy (non-hydrogen) atoms. The van der Waals surface area contributed by atoms with E-state index in [9.17, 15) is 8.42 Å². The van der Waals surface area contributed by atoms with Crippen molar-refractivity contribution in [1.29, 1.82) is 0 Å². The highest BCUT2D eigenvalue weighted by Crippen LogP contribution is 2.23. The van der Waals surface area contributed by atoms with Gasteiger partial charge < -0.3 is 9.47 Å². The molecule has 0 bridgehead atoms. The van der Waals surface area contributed by atoms with Crippen molar-refractivity contribution in [3.05, 3.63) is 24.3 Å². The van der Waals surface area contributed by atoms with Crippen LogP contribution < -0.4 is 9.62 Å². The normalized spacial score (nSPS) is 20.1. The third-order valence-corrected chi connectivity index (χ3v) is 4.61. The summed E-state index contributed by atoms with van der Waals surface area (Å²) in [7, 11) is -1.17. The number of imidazole rings is 1. The van der Waals surface area contributed by atoms with E-state index in [1.165, 1.54) is 6.26 Å². The molecule has 1 aliphatic heterocycles. The van der Waals surface area contributed by atoms with Gasteiger partial charge in [-0.2, -0.15) is 0 Å². The zero-order valence-electron chi connectivity index (χ0n) is 12.3. The number of nitrogens with one attached hydrogen (secondary N) is 1. The lowest BCUT2D eigenvalue weighted by molar-refractivity contribution is 0.461. The number of sulfonamides is 1. The van der Waals surface area contributed by atoms with E-state index < -0.39 is 10.0 Å². The van der Waals surface area contributed by atoms with Crippen LogP contribution in [-0.2, 0) is 17.1 Å². The Bertz CT molecular complexity index is 753. The molecule has 1 aromatic heterocycles. The van der Waals surface area contributed by atoms with Gasteiger partial charge in [-0.15, -0.1) is 0 Å². The largest absolute Gasteiger partial charge is 0.341 e. The minimum absolute atomic E-state index is 0.0476. The summed E-state index contributed by atoms with van der Waals surface area (Å²) in [5.41, 5.74) is 2.05. The number of benzene rings is 1. The first-order chi connectivity index (χ1) is 9.94. The van der Waals surface area contributed by atoms with Gasteiger partial charge in [0.1, 0.15) is 0 Å². The third kappa shape index (κ3) is 3.03. The molecule has 1 N–H and O–H groups in total. The summed E-state index contributed by atoms with van der Waals surface area (Å²) in [5.74, 6) is 0.899. The lowest BCUT2D eigenvalue weighted by atomic mass is 10.1. The van der Waals surface area contributed by atoms with Gasteiger partial charge in [-0.3, -0.25) is 0 Å². The highest BCUT2D eigenvalue weighted by atomic mass is 32.2. The van der Waals surface area contributed by atoms with Crippen LogP contribution in [0.25, 0.3) is 11.0 Å². The van der Waals surface area contributed by atoms with E-state index in [-0.39, 0.29) is 6.04 Å². The molecule has 114 valence electrons. The van der Waals surface area contributed by atoms with Crippen molar-refractivity contribution in [3.63, 3.8) is 0 Å². The lowest BCUT2D eigenvalue weighted by Gasteiger charge is -2.33. The molecule has 0 spiro atoms. The second kappa shape index (κ2) is 5.31. The summed E-state index contributed by atoms with van der Waals surface area (Å²) in [4.78, 5) is 6.84. The Morgan fingerprint density at radius 3 is 2.81 bits per heavy atom. The first-order valence-corrected chi connectivity index (χ1v) is 8.97. The minimum atomic E-state index is -3.17. The molecule has 0 amide bonds. The van der Waals surface area contributed by atoms with Crippen molar-refractivity contribution in [2.24, 2.45) is 7.05 Å². The van der Waals surface area contributed by atoms with Crippen LogP contribution in [-0.4, -0.2) is 43.4 Å². The maximum absolute atomic E-state index is 11.4. The van der Waals surface area contributed by atoms with Gasteiger partial charge in [0.2, 0.25) is 16.0 Å². The summed E-state index contributed by atoms with van der Waals surface area (Å²) < 4.78 is 27.6. The topological polar surface area (TPSA) is 67.2 Å². The number of anilines is 1. The monoisotopic (exact) mass is 308 g/mol. The zero-order chi connectivity index (χ0) is 15.0. The van der Waals surface area contributed by atoms with Crippen LogP contribution in [0.5, 0.6) is 0 Å². The summed E-state index contributed by atoms with van der Waals surface area (Å²) in [6.07, 6.45) is 3.03. The van der Waals surface area contributed by atoms with Gasteiger partial charge in [0.05, 0.1) is 17.3 Å². The maximum atomic E-state index is 11.4. The molecule has 0 saturated carbocycles. The Hall–Kier alpha value is -1.60. The van der Waals surface area contributed by atoms with E-state index in [1.54, 1.807) is 0 Å². The fourth-order valence-electron chi connectivity index (χ4n) is 2.97. The molecule has 2 aromatic rings. The molecule has 1 atom stereocenters. The van der Waals surface area contributed by atoms with Gasteiger partial charge >= 0.3 is 0 Å². The third-order valence-electron chi connectivity index (χ3n) is 3.85. The molecular weight excluding hydrogens is 288 g/mol. The van der Waals surface area contributed by atoms with Gasteiger partial charge in [-0.25, -0.2) is 18.1 Å². The number of para-hydroxylation sites is 2. The van der Waals surface area contributed by atoms with Crippen LogP contribution in [0.15, 0.2) is 24.3 Å². The van der Waals surface area contributed by atoms with Gasteiger partial charge in [0.25, 0.3) is 0 Å². The fourth-order valence-corrected chi connectivity index (χ4v) is 3.77. The standard InChI is InChI=1S/C14H20N4O2S/c1-17-13-8-4-3-7-12(13)15-14(17)18-9-5-6-11(10-18)16-21(2,19)20/h3-4,7-8,11,16H,5-6,9-10H2,1-2H3. The van der Waals surface area contributed by atoms with Crippen LogP contribution in [0.4, 0.5) is 5.95 Å². The molecule has 2 heterocycles. The Morgan fingerprint density at radius 1 is 1.33 bits per heavy atom. The van der Waals surface area contributed by atoms with Crippen LogP contribution in [0.3, 0.4) is 0 Å². The molecule has 3 rings (SSSR count). The van der Waals surface area contributed by atoms with E-state index in [4.69, 9.17) is 0 Å². The quantitative estimate of drug-likeness (QED) is 0.922. The number of aromatic nitrogens is 2. The Morgan fingerprint density at radius 2 is 2.10 bits per heavy atom. The molecular formula is C14H20N4O2S. The lowest BCUT2D eigenvalue weighted by Crippen LogP contribution is -2.48. The number of fused-ring (bicyclic) bond motifs is 1. The van der Waals surface area contributed by atoms with Gasteiger partial charge in [0.15, 0.2) is 0 Å². The van der Waals surface area contributed by atoms with Crippen molar-refractivity contribution >= 4 is 27.0 Å². The highest BCUT2D eigenvalue weighted by Gasteiger charge is 2.25. The molecule has 1 saturated heterocycles. The van der Waals surface area contributed by atoms with Gasteiger partial charge in [0, 0.05) is 26.2 Å². The minimum Gasteiger partial charge on any atom is -0.341 e. The number of hydrogen-bond acceptors (Lipinski definition) is 4. The van der Waals surface area contributed by atoms with Crippen molar-refractivity contribution in [1.82, 2.24) is 14.3 Å². The first-order valence-electron chi connectivity index (χ1n) is 7.08. The number of aryl methyl sites for hydroxylation is 1. The van der Waals surface area contributed by atoms with Crippen molar-refractivity contribution in [2.45, 2.75) is 18.9 Å². The average molecular weight is 308 g/mol. The van der Waals surface area contributed by atoms with Crippen molar-refractivity contribution < 1.29 is 8.42 Å². The Balaban J connectivity index is 1.86. The van der Waals surface area contributed by atoms with E-state index in [0.29, 0.717) is 6.54 Å². The van der Waals surface area contributed by atoms with Gasteiger partial charge in [-0.1, -0.05) is 12.1 Å². The fraction of sp³-hybridized carbons (Fsp3) is 0.500. The molecule has 1 aliphatic rings. The summed E-state index contributed by atoms with van der Waals surface area (Å²) in [5, 5.41) is 0. The maximum Gasteiger partial charge on any atom is 0.209 e. The second-order valence-corrected chi connectivity index (χ2v) is 7.41. The number of piperidine rings is 1. The molecule has 0 radical (unpaired) electrons.